The fraction of sp³-hybridized carbons (Fsp3) is 0.385. The summed E-state index contributed by atoms with van der Waals surface area (Å²) < 4.78 is 46.5. The van der Waals surface area contributed by atoms with Crippen molar-refractivity contribution < 1.29 is 26.8 Å². The topological polar surface area (TPSA) is 32.5 Å². The van der Waals surface area contributed by atoms with Gasteiger partial charge in [-0.25, -0.2) is 4.58 Å². The first-order chi connectivity index (χ1) is 10.1. The molecule has 9 heteroatoms. The van der Waals surface area contributed by atoms with Gasteiger partial charge in [0.2, 0.25) is 5.36 Å². The summed E-state index contributed by atoms with van der Waals surface area (Å²) in [6.07, 6.45) is 0.812. The zero-order chi connectivity index (χ0) is 16.7. The molecule has 0 aromatic heterocycles. The number of methoxy groups -OCH3 is 1. The Balaban J connectivity index is 0.000000309. The van der Waals surface area contributed by atoms with E-state index in [0.717, 1.165) is 40.6 Å². The summed E-state index contributed by atoms with van der Waals surface area (Å²) in [7, 11) is -0.492. The number of halogens is 4. The zero-order valence-corrected chi connectivity index (χ0v) is 12.4. The van der Waals surface area contributed by atoms with Gasteiger partial charge >= 0.3 is 7.25 Å². The second kappa shape index (κ2) is 5.62. The molecule has 2 aliphatic heterocycles. The van der Waals surface area contributed by atoms with Gasteiger partial charge in [0, 0.05) is 25.1 Å². The molecular formula is C13H15BF4N2O2. The molecule has 2 aliphatic rings. The third-order valence-corrected chi connectivity index (χ3v) is 3.65. The lowest BCUT2D eigenvalue weighted by Crippen LogP contribution is -2.42. The van der Waals surface area contributed by atoms with Crippen LogP contribution in [0.1, 0.15) is 6.42 Å². The molecule has 0 fully saturated rings. The molecule has 3 rings (SSSR count). The van der Waals surface area contributed by atoms with E-state index in [1.54, 1.807) is 12.0 Å². The number of ether oxygens (including phenoxy) is 1. The number of hydrogen-bond acceptors (Lipinski definition) is 2. The van der Waals surface area contributed by atoms with Gasteiger partial charge in [0.25, 0.3) is 5.91 Å². The van der Waals surface area contributed by atoms with Gasteiger partial charge < -0.3 is 26.9 Å². The van der Waals surface area contributed by atoms with Crippen LogP contribution in [0.5, 0.6) is 5.75 Å². The Morgan fingerprint density at radius 1 is 1.27 bits per heavy atom. The lowest BCUT2D eigenvalue weighted by Gasteiger charge is -2.13. The zero-order valence-electron chi connectivity index (χ0n) is 12.4. The van der Waals surface area contributed by atoms with E-state index < -0.39 is 7.25 Å². The SMILES string of the molecule is COc1ccc2c3c1N(C)C(=O)C=3CC[N+]=2C.F[B-](F)(F)F. The van der Waals surface area contributed by atoms with E-state index in [0.29, 0.717) is 0 Å². The van der Waals surface area contributed by atoms with E-state index in [1.807, 2.05) is 19.2 Å². The molecule has 0 spiro atoms. The van der Waals surface area contributed by atoms with Gasteiger partial charge in [-0.05, 0) is 6.07 Å². The standard InChI is InChI=1S/C13H15N2O2.BF4/c1-14-7-6-8-11-9(14)4-5-10(17-3)12(11)15(2)13(8)16;2-1(3,4)5/h4-5H,6-7H2,1-3H3;/q+1;-1. The van der Waals surface area contributed by atoms with E-state index in [-0.39, 0.29) is 5.91 Å². The van der Waals surface area contributed by atoms with Crippen molar-refractivity contribution in [2.24, 2.45) is 0 Å². The number of carbonyl (C=O) groups excluding carboxylic acids is 1. The Morgan fingerprint density at radius 3 is 2.41 bits per heavy atom. The molecule has 1 amide bonds. The molecule has 2 heterocycles. The summed E-state index contributed by atoms with van der Waals surface area (Å²) in [4.78, 5) is 13.9. The molecule has 0 atom stereocenters. The van der Waals surface area contributed by atoms with Crippen molar-refractivity contribution in [1.82, 2.24) is 4.58 Å². The lowest BCUT2D eigenvalue weighted by atomic mass is 10.1. The van der Waals surface area contributed by atoms with Crippen molar-refractivity contribution in [3.05, 3.63) is 22.7 Å². The largest absolute Gasteiger partial charge is 0.673 e. The van der Waals surface area contributed by atoms with Gasteiger partial charge in [-0.1, -0.05) is 0 Å². The van der Waals surface area contributed by atoms with Crippen LogP contribution >= 0.6 is 0 Å². The molecule has 0 saturated heterocycles. The monoisotopic (exact) mass is 318 g/mol. The number of amides is 1. The summed E-state index contributed by atoms with van der Waals surface area (Å²) in [5.41, 5.74) is 1.84. The molecule has 1 aromatic rings. The minimum atomic E-state index is -6.00. The van der Waals surface area contributed by atoms with Crippen molar-refractivity contribution >= 4 is 24.4 Å². The number of benzene rings is 1. The maximum absolute atomic E-state index is 12.2. The fourth-order valence-corrected chi connectivity index (χ4v) is 2.72. The minimum Gasteiger partial charge on any atom is -0.495 e. The smallest absolute Gasteiger partial charge is 0.495 e. The molecule has 0 N–H and O–H groups in total. The first-order valence-corrected chi connectivity index (χ1v) is 6.59. The summed E-state index contributed by atoms with van der Waals surface area (Å²) in [6.45, 7) is 0.897. The quantitative estimate of drug-likeness (QED) is 0.433. The number of hydrogen-bond donors (Lipinski definition) is 0. The van der Waals surface area contributed by atoms with E-state index in [2.05, 4.69) is 11.6 Å². The molecule has 0 saturated carbocycles. The maximum atomic E-state index is 12.2. The molecule has 0 unspecified atom stereocenters. The van der Waals surface area contributed by atoms with Gasteiger partial charge in [-0.15, -0.1) is 0 Å². The van der Waals surface area contributed by atoms with E-state index in [9.17, 15) is 22.1 Å². The maximum Gasteiger partial charge on any atom is 0.673 e. The number of nitrogens with zero attached hydrogens (tertiary/aromatic N) is 2. The fourth-order valence-electron chi connectivity index (χ4n) is 2.72. The molecule has 4 nitrogen and oxygen atoms in total. The summed E-state index contributed by atoms with van der Waals surface area (Å²) >= 11 is 0. The predicted molar refractivity (Wildman–Crippen MR) is 75.9 cm³/mol. The van der Waals surface area contributed by atoms with Crippen LogP contribution in [0.4, 0.5) is 23.0 Å². The third-order valence-electron chi connectivity index (χ3n) is 3.65. The molecule has 0 aliphatic carbocycles. The summed E-state index contributed by atoms with van der Waals surface area (Å²) in [5, 5.41) is 2.19. The van der Waals surface area contributed by atoms with Crippen molar-refractivity contribution in [1.29, 1.82) is 0 Å². The molecule has 120 valence electrons. The van der Waals surface area contributed by atoms with Crippen molar-refractivity contribution in [3.8, 4) is 5.75 Å². The van der Waals surface area contributed by atoms with Gasteiger partial charge in [0.15, 0.2) is 0 Å². The van der Waals surface area contributed by atoms with E-state index >= 15 is 0 Å². The van der Waals surface area contributed by atoms with E-state index in [4.69, 9.17) is 4.74 Å². The van der Waals surface area contributed by atoms with Crippen LogP contribution < -0.4 is 24.8 Å². The van der Waals surface area contributed by atoms with Crippen LogP contribution in [0.2, 0.25) is 0 Å². The number of carbonyl (C=O) groups is 1. The van der Waals surface area contributed by atoms with Crippen LogP contribution in [-0.4, -0.2) is 40.9 Å². The van der Waals surface area contributed by atoms with E-state index in [1.165, 1.54) is 0 Å². The molecule has 0 bridgehead atoms. The average molecular weight is 318 g/mol. The summed E-state index contributed by atoms with van der Waals surface area (Å²) in [5.74, 6) is 0.878. The minimum absolute atomic E-state index is 0.110. The van der Waals surface area contributed by atoms with Gasteiger partial charge in [-0.2, -0.15) is 0 Å². The Hall–Kier alpha value is -2.06. The third kappa shape index (κ3) is 2.93. The first kappa shape index (κ1) is 16.3. The first-order valence-electron chi connectivity index (χ1n) is 6.59. The molecular weight excluding hydrogens is 303 g/mol. The predicted octanol–water partition coefficient (Wildman–Crippen LogP) is 0.647. The molecule has 0 radical (unpaired) electrons. The Labute approximate surface area is 124 Å². The number of rotatable bonds is 1. The Kier molecular flexibility index (Phi) is 4.17. The van der Waals surface area contributed by atoms with Crippen LogP contribution in [0.3, 0.4) is 0 Å². The van der Waals surface area contributed by atoms with Crippen molar-refractivity contribution in [2.45, 2.75) is 6.42 Å². The van der Waals surface area contributed by atoms with Crippen LogP contribution in [0.25, 0.3) is 5.57 Å². The Morgan fingerprint density at radius 2 is 1.86 bits per heavy atom. The molecule has 1 aromatic carbocycles. The highest BCUT2D eigenvalue weighted by molar-refractivity contribution is 6.50. The highest BCUT2D eigenvalue weighted by atomic mass is 19.5. The Bertz CT molecular complexity index is 740. The van der Waals surface area contributed by atoms with Gasteiger partial charge in [0.05, 0.1) is 12.3 Å². The second-order valence-corrected chi connectivity index (χ2v) is 5.02. The van der Waals surface area contributed by atoms with Crippen LogP contribution in [-0.2, 0) is 4.79 Å². The van der Waals surface area contributed by atoms with Crippen LogP contribution in [0.15, 0.2) is 12.1 Å². The van der Waals surface area contributed by atoms with Gasteiger partial charge in [-0.3, -0.25) is 4.79 Å². The second-order valence-electron chi connectivity index (χ2n) is 5.02. The molecule has 22 heavy (non-hydrogen) atoms. The highest BCUT2D eigenvalue weighted by Gasteiger charge is 2.33. The number of anilines is 1. The van der Waals surface area contributed by atoms with Crippen molar-refractivity contribution in [3.63, 3.8) is 0 Å². The summed E-state index contributed by atoms with van der Waals surface area (Å²) in [6, 6.07) is 3.96. The lowest BCUT2D eigenvalue weighted by molar-refractivity contribution is -0.113. The highest BCUT2D eigenvalue weighted by Crippen LogP contribution is 2.29. The van der Waals surface area contributed by atoms with Crippen molar-refractivity contribution in [2.75, 3.05) is 32.6 Å². The van der Waals surface area contributed by atoms with Crippen LogP contribution in [0, 0.1) is 0 Å². The average Bonchev–Trinajstić information content (AvgIpc) is 2.67. The normalized spacial score (nSPS) is 16.3. The van der Waals surface area contributed by atoms with Gasteiger partial charge in [0.1, 0.15) is 25.0 Å².